The van der Waals surface area contributed by atoms with Gasteiger partial charge in [-0.2, -0.15) is 0 Å². The molecule has 1 saturated heterocycles. The van der Waals surface area contributed by atoms with Gasteiger partial charge in [-0.25, -0.2) is 4.98 Å². The van der Waals surface area contributed by atoms with Crippen LogP contribution in [0.1, 0.15) is 31.5 Å². The Labute approximate surface area is 213 Å². The van der Waals surface area contributed by atoms with Crippen LogP contribution in [0.5, 0.6) is 5.75 Å². The van der Waals surface area contributed by atoms with Crippen LogP contribution in [-0.2, 0) is 11.3 Å². The summed E-state index contributed by atoms with van der Waals surface area (Å²) in [4.78, 5) is 21.6. The molecular weight excluding hydrogens is 448 g/mol. The molecule has 0 radical (unpaired) electrons. The van der Waals surface area contributed by atoms with Gasteiger partial charge in [-0.15, -0.1) is 0 Å². The maximum Gasteiger partial charge on any atom is 0.222 e. The highest BCUT2D eigenvalue weighted by Gasteiger charge is 2.23. The third kappa shape index (κ3) is 5.00. The van der Waals surface area contributed by atoms with Gasteiger partial charge in [-0.05, 0) is 49.2 Å². The van der Waals surface area contributed by atoms with Crippen molar-refractivity contribution in [2.45, 2.75) is 33.7 Å². The van der Waals surface area contributed by atoms with Gasteiger partial charge in [-0.3, -0.25) is 9.69 Å². The monoisotopic (exact) mass is 482 g/mol. The molecule has 2 aromatic carbocycles. The van der Waals surface area contributed by atoms with E-state index in [1.54, 1.807) is 0 Å². The third-order valence-corrected chi connectivity index (χ3v) is 6.92. The van der Waals surface area contributed by atoms with Gasteiger partial charge in [0.1, 0.15) is 11.4 Å². The Kier molecular flexibility index (Phi) is 7.05. The molecule has 1 amide bonds. The zero-order chi connectivity index (χ0) is 25.1. The number of aromatic nitrogens is 2. The Morgan fingerprint density at radius 3 is 2.39 bits per heavy atom. The second-order valence-electron chi connectivity index (χ2n) is 9.39. The third-order valence-electron chi connectivity index (χ3n) is 6.92. The number of fused-ring (bicyclic) bond motifs is 1. The lowest BCUT2D eigenvalue weighted by molar-refractivity contribution is -0.132. The van der Waals surface area contributed by atoms with Gasteiger partial charge < -0.3 is 14.0 Å². The van der Waals surface area contributed by atoms with Gasteiger partial charge in [0, 0.05) is 50.9 Å². The van der Waals surface area contributed by atoms with Gasteiger partial charge in [-0.1, -0.05) is 48.9 Å². The molecule has 36 heavy (non-hydrogen) atoms. The van der Waals surface area contributed by atoms with Crippen molar-refractivity contribution in [3.05, 3.63) is 78.1 Å². The van der Waals surface area contributed by atoms with Crippen LogP contribution in [0.3, 0.4) is 0 Å². The summed E-state index contributed by atoms with van der Waals surface area (Å²) < 4.78 is 7.97. The summed E-state index contributed by atoms with van der Waals surface area (Å²) in [7, 11) is 0. The lowest BCUT2D eigenvalue weighted by atomic mass is 10.1. The van der Waals surface area contributed by atoms with Gasteiger partial charge in [0.25, 0.3) is 0 Å². The lowest BCUT2D eigenvalue weighted by Crippen LogP contribution is -2.48. The van der Waals surface area contributed by atoms with Gasteiger partial charge in [0.15, 0.2) is 0 Å². The molecule has 0 spiro atoms. The first kappa shape index (κ1) is 24.1. The van der Waals surface area contributed by atoms with E-state index in [1.807, 2.05) is 30.9 Å². The number of amides is 1. The van der Waals surface area contributed by atoms with E-state index in [0.717, 1.165) is 66.5 Å². The van der Waals surface area contributed by atoms with Crippen LogP contribution in [0.4, 0.5) is 0 Å². The summed E-state index contributed by atoms with van der Waals surface area (Å²) in [6.45, 7) is 10.7. The average molecular weight is 483 g/mol. The first-order valence-electron chi connectivity index (χ1n) is 12.9. The summed E-state index contributed by atoms with van der Waals surface area (Å²) in [6, 6.07) is 21.1. The van der Waals surface area contributed by atoms with Crippen LogP contribution in [0.2, 0.25) is 0 Å². The quantitative estimate of drug-likeness (QED) is 0.352. The summed E-state index contributed by atoms with van der Waals surface area (Å²) in [5, 5.41) is 0. The Morgan fingerprint density at radius 1 is 0.917 bits per heavy atom. The second-order valence-corrected chi connectivity index (χ2v) is 9.39. The fourth-order valence-corrected chi connectivity index (χ4v) is 4.88. The van der Waals surface area contributed by atoms with Crippen molar-refractivity contribution in [3.8, 4) is 28.1 Å². The van der Waals surface area contributed by atoms with Crippen molar-refractivity contribution in [2.75, 3.05) is 32.8 Å². The number of hydrogen-bond donors (Lipinski definition) is 0. The Bertz CT molecular complexity index is 1350. The predicted molar refractivity (Wildman–Crippen MR) is 144 cm³/mol. The zero-order valence-corrected chi connectivity index (χ0v) is 21.4. The molecule has 3 heterocycles. The number of imidazole rings is 1. The van der Waals surface area contributed by atoms with Crippen molar-refractivity contribution >= 4 is 11.6 Å². The minimum Gasteiger partial charge on any atom is -0.494 e. The molecule has 1 aliphatic heterocycles. The molecule has 0 aliphatic carbocycles. The van der Waals surface area contributed by atoms with E-state index >= 15 is 0 Å². The van der Waals surface area contributed by atoms with E-state index in [4.69, 9.17) is 9.72 Å². The fraction of sp³-hybridized carbons (Fsp3) is 0.333. The number of piperazine rings is 1. The molecule has 1 aliphatic rings. The molecule has 0 atom stereocenters. The zero-order valence-electron chi connectivity index (χ0n) is 21.4. The summed E-state index contributed by atoms with van der Waals surface area (Å²) >= 11 is 0. The van der Waals surface area contributed by atoms with Gasteiger partial charge in [0.05, 0.1) is 18.0 Å². The van der Waals surface area contributed by atoms with E-state index in [-0.39, 0.29) is 5.91 Å². The van der Waals surface area contributed by atoms with Crippen molar-refractivity contribution in [3.63, 3.8) is 0 Å². The van der Waals surface area contributed by atoms with Crippen LogP contribution in [0.25, 0.3) is 28.0 Å². The minimum absolute atomic E-state index is 0.240. The summed E-state index contributed by atoms with van der Waals surface area (Å²) in [5.74, 6) is 1.12. The highest BCUT2D eigenvalue weighted by atomic mass is 16.5. The normalized spacial score (nSPS) is 14.4. The van der Waals surface area contributed by atoms with E-state index in [0.29, 0.717) is 13.0 Å². The molecule has 6 heteroatoms. The molecule has 0 unspecified atom stereocenters. The number of carbonyl (C=O) groups is 1. The smallest absolute Gasteiger partial charge is 0.222 e. The Hall–Kier alpha value is -3.64. The average Bonchev–Trinajstić information content (AvgIpc) is 3.27. The van der Waals surface area contributed by atoms with Crippen molar-refractivity contribution in [1.29, 1.82) is 0 Å². The van der Waals surface area contributed by atoms with Crippen LogP contribution in [0, 0.1) is 6.92 Å². The van der Waals surface area contributed by atoms with Crippen LogP contribution in [0.15, 0.2) is 66.9 Å². The van der Waals surface area contributed by atoms with E-state index in [1.165, 1.54) is 11.3 Å². The minimum atomic E-state index is 0.240. The molecule has 6 nitrogen and oxygen atoms in total. The highest BCUT2D eigenvalue weighted by molar-refractivity contribution is 5.76. The molecule has 0 bridgehead atoms. The fourth-order valence-electron chi connectivity index (χ4n) is 4.88. The van der Waals surface area contributed by atoms with E-state index in [2.05, 4.69) is 71.0 Å². The molecule has 4 aromatic rings. The number of benzene rings is 2. The van der Waals surface area contributed by atoms with Gasteiger partial charge >= 0.3 is 0 Å². The Balaban J connectivity index is 1.52. The van der Waals surface area contributed by atoms with Crippen molar-refractivity contribution in [1.82, 2.24) is 19.2 Å². The molecule has 186 valence electrons. The highest BCUT2D eigenvalue weighted by Crippen LogP contribution is 2.30. The summed E-state index contributed by atoms with van der Waals surface area (Å²) in [6.07, 6.45) is 2.76. The molecule has 2 aromatic heterocycles. The predicted octanol–water partition coefficient (Wildman–Crippen LogP) is 5.43. The van der Waals surface area contributed by atoms with E-state index in [9.17, 15) is 4.79 Å². The maximum atomic E-state index is 12.2. The lowest BCUT2D eigenvalue weighted by Gasteiger charge is -2.34. The first-order chi connectivity index (χ1) is 17.6. The number of rotatable bonds is 7. The number of nitrogens with zero attached hydrogens (tertiary/aromatic N) is 4. The van der Waals surface area contributed by atoms with Crippen LogP contribution < -0.4 is 4.74 Å². The standard InChI is InChI=1S/C30H34N4O2/c1-4-29(35)33-17-15-32(16-18-33)21-27-30(23-11-9-22(3)10-12-23)31-28-14-13-25(20-34(27)28)24-7-6-8-26(19-24)36-5-2/h6-14,19-20H,4-5,15-18,21H2,1-3H3. The van der Waals surface area contributed by atoms with Crippen molar-refractivity contribution < 1.29 is 9.53 Å². The second kappa shape index (κ2) is 10.5. The molecule has 0 saturated carbocycles. The maximum absolute atomic E-state index is 12.2. The molecule has 1 fully saturated rings. The Morgan fingerprint density at radius 2 is 1.67 bits per heavy atom. The molecular formula is C30H34N4O2. The molecule has 0 N–H and O–H groups in total. The SMILES string of the molecule is CCOc1cccc(-c2ccc3nc(-c4ccc(C)cc4)c(CN4CCN(C(=O)CC)CC4)n3c2)c1. The van der Waals surface area contributed by atoms with E-state index < -0.39 is 0 Å². The first-order valence-corrected chi connectivity index (χ1v) is 12.9. The molecule has 5 rings (SSSR count). The van der Waals surface area contributed by atoms with Crippen molar-refractivity contribution in [2.24, 2.45) is 0 Å². The number of ether oxygens (including phenoxy) is 1. The topological polar surface area (TPSA) is 50.1 Å². The van der Waals surface area contributed by atoms with Crippen LogP contribution >= 0.6 is 0 Å². The number of hydrogen-bond acceptors (Lipinski definition) is 4. The van der Waals surface area contributed by atoms with Crippen LogP contribution in [-0.4, -0.2) is 57.9 Å². The number of pyridine rings is 1. The largest absolute Gasteiger partial charge is 0.494 e. The number of aryl methyl sites for hydroxylation is 1. The summed E-state index contributed by atoms with van der Waals surface area (Å²) in [5.41, 5.74) is 7.72. The van der Waals surface area contributed by atoms with Gasteiger partial charge in [0.2, 0.25) is 5.91 Å². The number of carbonyl (C=O) groups excluding carboxylic acids is 1.